The van der Waals surface area contributed by atoms with Crippen molar-refractivity contribution < 1.29 is 24.3 Å². The van der Waals surface area contributed by atoms with Crippen LogP contribution in [-0.2, 0) is 14.1 Å². The minimum absolute atomic E-state index is 0.0916. The lowest BCUT2D eigenvalue weighted by molar-refractivity contribution is -0.137. The van der Waals surface area contributed by atoms with Crippen molar-refractivity contribution in [3.05, 3.63) is 28.8 Å². The van der Waals surface area contributed by atoms with E-state index in [1.165, 1.54) is 12.1 Å². The molecular weight excluding hydrogens is 306 g/mol. The molecule has 1 saturated heterocycles. The molecule has 5 nitrogen and oxygen atoms in total. The molecule has 1 aromatic carbocycles. The molecule has 0 saturated carbocycles. The number of hydrogen-bond acceptors (Lipinski definition) is 4. The number of phenols is 1. The Bertz CT molecular complexity index is 571. The van der Waals surface area contributed by atoms with Crippen molar-refractivity contribution in [2.45, 2.75) is 51.1 Å². The van der Waals surface area contributed by atoms with Gasteiger partial charge >= 0.3 is 13.1 Å². The third-order valence-electron chi connectivity index (χ3n) is 4.39. The van der Waals surface area contributed by atoms with Crippen molar-refractivity contribution in [1.29, 1.82) is 0 Å². The van der Waals surface area contributed by atoms with Gasteiger partial charge in [0.15, 0.2) is 0 Å². The first-order valence-corrected chi connectivity index (χ1v) is 7.47. The summed E-state index contributed by atoms with van der Waals surface area (Å²) in [6.07, 6.45) is -0.169. The molecular formula is C15H20BClO5. The third kappa shape index (κ3) is 3.24. The highest BCUT2D eigenvalue weighted by atomic mass is 35.5. The summed E-state index contributed by atoms with van der Waals surface area (Å²) in [6, 6.07) is 4.67. The lowest BCUT2D eigenvalue weighted by Gasteiger charge is -2.32. The number of aliphatic carboxylic acids is 1. The number of benzene rings is 1. The van der Waals surface area contributed by atoms with Gasteiger partial charge in [0.2, 0.25) is 0 Å². The Morgan fingerprint density at radius 3 is 2.27 bits per heavy atom. The molecule has 0 aliphatic carbocycles. The van der Waals surface area contributed by atoms with Crippen LogP contribution in [0.15, 0.2) is 18.2 Å². The van der Waals surface area contributed by atoms with Gasteiger partial charge in [-0.05, 0) is 45.4 Å². The molecule has 7 heteroatoms. The molecule has 0 amide bonds. The first-order chi connectivity index (χ1) is 10.0. The Morgan fingerprint density at radius 2 is 1.82 bits per heavy atom. The Labute approximate surface area is 135 Å². The van der Waals surface area contributed by atoms with Crippen LogP contribution < -0.4 is 0 Å². The highest BCUT2D eigenvalue weighted by Gasteiger charge is 2.54. The van der Waals surface area contributed by atoms with Crippen molar-refractivity contribution in [1.82, 2.24) is 0 Å². The molecule has 1 aliphatic rings. The molecule has 1 fully saturated rings. The second kappa shape index (κ2) is 5.76. The monoisotopic (exact) mass is 326 g/mol. The second-order valence-electron chi connectivity index (χ2n) is 6.54. The maximum absolute atomic E-state index is 11.2. The van der Waals surface area contributed by atoms with E-state index in [4.69, 9.17) is 20.9 Å². The quantitative estimate of drug-likeness (QED) is 0.831. The summed E-state index contributed by atoms with van der Waals surface area (Å²) in [5.41, 5.74) is -0.492. The normalized spacial score (nSPS) is 20.9. The molecule has 1 aliphatic heterocycles. The average molecular weight is 327 g/mol. The van der Waals surface area contributed by atoms with Crippen LogP contribution in [0, 0.1) is 0 Å². The molecule has 22 heavy (non-hydrogen) atoms. The average Bonchev–Trinajstić information content (AvgIpc) is 2.59. The first kappa shape index (κ1) is 17.1. The van der Waals surface area contributed by atoms with E-state index in [-0.39, 0.29) is 17.2 Å². The molecule has 0 bridgehead atoms. The number of phenolic OH excluding ortho intramolecular Hbond substituents is 1. The van der Waals surface area contributed by atoms with Crippen LogP contribution in [0.4, 0.5) is 0 Å². The Kier molecular flexibility index (Phi) is 4.48. The van der Waals surface area contributed by atoms with Crippen molar-refractivity contribution >= 4 is 24.7 Å². The molecule has 1 unspecified atom stereocenters. The number of carboxylic acid groups (broad SMARTS) is 1. The van der Waals surface area contributed by atoms with Gasteiger partial charge in [-0.1, -0.05) is 17.7 Å². The zero-order valence-electron chi connectivity index (χ0n) is 13.1. The van der Waals surface area contributed by atoms with Gasteiger partial charge < -0.3 is 19.5 Å². The zero-order valence-corrected chi connectivity index (χ0v) is 13.8. The van der Waals surface area contributed by atoms with Crippen molar-refractivity contribution in [3.63, 3.8) is 0 Å². The highest BCUT2D eigenvalue weighted by molar-refractivity contribution is 6.48. The number of carbonyl (C=O) groups is 1. The van der Waals surface area contributed by atoms with E-state index in [1.807, 2.05) is 27.7 Å². The molecule has 0 spiro atoms. The summed E-state index contributed by atoms with van der Waals surface area (Å²) >= 11 is 5.81. The molecule has 120 valence electrons. The molecule has 1 atom stereocenters. The first-order valence-electron chi connectivity index (χ1n) is 7.09. The topological polar surface area (TPSA) is 76.0 Å². The van der Waals surface area contributed by atoms with Gasteiger partial charge in [-0.2, -0.15) is 0 Å². The highest BCUT2D eigenvalue weighted by Crippen LogP contribution is 2.42. The predicted molar refractivity (Wildman–Crippen MR) is 84.2 cm³/mol. The Morgan fingerprint density at radius 1 is 1.27 bits per heavy atom. The van der Waals surface area contributed by atoms with Crippen LogP contribution in [0.3, 0.4) is 0 Å². The van der Waals surface area contributed by atoms with E-state index in [1.54, 1.807) is 6.07 Å². The molecule has 2 N–H and O–H groups in total. The van der Waals surface area contributed by atoms with E-state index in [2.05, 4.69) is 0 Å². The van der Waals surface area contributed by atoms with Crippen LogP contribution in [0.2, 0.25) is 5.02 Å². The molecule has 1 aromatic rings. The second-order valence-corrected chi connectivity index (χ2v) is 6.95. The largest absolute Gasteiger partial charge is 0.506 e. The number of hydrogen-bond donors (Lipinski definition) is 2. The lowest BCUT2D eigenvalue weighted by Crippen LogP contribution is -2.41. The fourth-order valence-corrected chi connectivity index (χ4v) is 2.49. The summed E-state index contributed by atoms with van der Waals surface area (Å²) in [4.78, 5) is 11.2. The summed E-state index contributed by atoms with van der Waals surface area (Å²) < 4.78 is 11.9. The number of halogens is 1. The van der Waals surface area contributed by atoms with Crippen molar-refractivity contribution in [2.24, 2.45) is 0 Å². The van der Waals surface area contributed by atoms with Crippen LogP contribution in [0.25, 0.3) is 0 Å². The minimum Gasteiger partial charge on any atom is -0.506 e. The minimum atomic E-state index is -0.964. The van der Waals surface area contributed by atoms with Crippen LogP contribution in [-0.4, -0.2) is 34.5 Å². The standard InChI is InChI=1S/C15H20BClO5/c1-14(2)15(3,4)22-16(21-14)10(8-13(19)20)9-5-6-11(17)12(18)7-9/h5-7,10,18H,8H2,1-4H3,(H,19,20). The maximum atomic E-state index is 11.2. The number of aromatic hydroxyl groups is 1. The number of carboxylic acids is 1. The summed E-state index contributed by atoms with van der Waals surface area (Å²) in [7, 11) is -0.707. The van der Waals surface area contributed by atoms with Crippen LogP contribution in [0.1, 0.15) is 45.5 Å². The van der Waals surface area contributed by atoms with E-state index >= 15 is 0 Å². The van der Waals surface area contributed by atoms with Gasteiger partial charge in [0.05, 0.1) is 22.6 Å². The summed E-state index contributed by atoms with van der Waals surface area (Å²) in [5, 5.41) is 19.2. The molecule has 0 radical (unpaired) electrons. The zero-order chi connectivity index (χ0) is 16.7. The Hall–Kier alpha value is -1.24. The number of rotatable bonds is 4. The van der Waals surface area contributed by atoms with E-state index in [0.29, 0.717) is 5.56 Å². The van der Waals surface area contributed by atoms with Crippen LogP contribution in [0.5, 0.6) is 5.75 Å². The molecule has 1 heterocycles. The Balaban J connectivity index is 2.35. The fraction of sp³-hybridized carbons (Fsp3) is 0.533. The van der Waals surface area contributed by atoms with E-state index in [9.17, 15) is 15.0 Å². The molecule has 2 rings (SSSR count). The van der Waals surface area contributed by atoms with Gasteiger partial charge in [0.1, 0.15) is 5.75 Å². The van der Waals surface area contributed by atoms with Gasteiger partial charge in [0.25, 0.3) is 0 Å². The summed E-state index contributed by atoms with van der Waals surface area (Å²) in [6.45, 7) is 7.63. The van der Waals surface area contributed by atoms with Crippen molar-refractivity contribution in [3.8, 4) is 5.75 Å². The van der Waals surface area contributed by atoms with Crippen molar-refractivity contribution in [2.75, 3.05) is 0 Å². The predicted octanol–water partition coefficient (Wildman–Crippen LogP) is 3.24. The van der Waals surface area contributed by atoms with E-state index in [0.717, 1.165) is 0 Å². The smallest absolute Gasteiger partial charge is 0.466 e. The lowest BCUT2D eigenvalue weighted by atomic mass is 9.66. The SMILES string of the molecule is CC1(C)OB(C(CC(=O)O)c2ccc(Cl)c(O)c2)OC1(C)C. The van der Waals surface area contributed by atoms with E-state index < -0.39 is 30.1 Å². The van der Waals surface area contributed by atoms with Gasteiger partial charge in [-0.15, -0.1) is 0 Å². The third-order valence-corrected chi connectivity index (χ3v) is 4.71. The van der Waals surface area contributed by atoms with Gasteiger partial charge in [0, 0.05) is 5.82 Å². The van der Waals surface area contributed by atoms with Gasteiger partial charge in [-0.25, -0.2) is 0 Å². The molecule has 0 aromatic heterocycles. The fourth-order valence-electron chi connectivity index (χ4n) is 2.37. The maximum Gasteiger partial charge on any atom is 0.466 e. The van der Waals surface area contributed by atoms with Crippen LogP contribution >= 0.6 is 11.6 Å². The summed E-state index contributed by atoms with van der Waals surface area (Å²) in [5.74, 6) is -1.60. The van der Waals surface area contributed by atoms with Gasteiger partial charge in [-0.3, -0.25) is 4.79 Å².